The Bertz CT molecular complexity index is 519. The predicted octanol–water partition coefficient (Wildman–Crippen LogP) is 0.963. The molecule has 1 aromatic carbocycles. The number of nitrogens with one attached hydrogen (secondary N) is 1. The van der Waals surface area contributed by atoms with Crippen LogP contribution in [0.4, 0.5) is 28.9 Å². The number of hydrogen-bond acceptors (Lipinski definition) is 3. The lowest BCUT2D eigenvalue weighted by Crippen LogP contribution is -2.56. The highest BCUT2D eigenvalue weighted by Crippen LogP contribution is 2.35. The van der Waals surface area contributed by atoms with Crippen LogP contribution in [0.5, 0.6) is 0 Å². The van der Waals surface area contributed by atoms with Crippen LogP contribution in [0, 0.1) is 0 Å². The molecule has 19 heavy (non-hydrogen) atoms. The summed E-state index contributed by atoms with van der Waals surface area (Å²) in [5.41, 5.74) is 9.10. The molecular weight excluding hydrogens is 270 g/mol. The van der Waals surface area contributed by atoms with Crippen molar-refractivity contribution in [3.8, 4) is 0 Å². The Labute approximate surface area is 104 Å². The van der Waals surface area contributed by atoms with Gasteiger partial charge in [0.1, 0.15) is 0 Å². The first-order valence-electron chi connectivity index (χ1n) is 4.82. The summed E-state index contributed by atoms with van der Waals surface area (Å²) in [6, 6.07) is 5.18. The summed E-state index contributed by atoms with van der Waals surface area (Å²) in [6.45, 7) is 0. The molecule has 0 fully saturated rings. The van der Waals surface area contributed by atoms with E-state index >= 15 is 0 Å². The van der Waals surface area contributed by atoms with E-state index in [0.717, 1.165) is 6.07 Å². The number of halogens is 4. The molecule has 0 aliphatic rings. The van der Waals surface area contributed by atoms with E-state index in [4.69, 9.17) is 5.73 Å². The molecule has 0 saturated heterocycles. The second-order valence-electron chi connectivity index (χ2n) is 3.55. The monoisotopic (exact) mass is 279 g/mol. The van der Waals surface area contributed by atoms with Crippen molar-refractivity contribution in [2.75, 3.05) is 11.1 Å². The highest BCUT2D eigenvalue weighted by atomic mass is 19.3. The lowest BCUT2D eigenvalue weighted by molar-refractivity contribution is -0.205. The zero-order valence-electron chi connectivity index (χ0n) is 9.29. The Kier molecular flexibility index (Phi) is 3.68. The maximum atomic E-state index is 13.2. The van der Waals surface area contributed by atoms with Gasteiger partial charge in [0.2, 0.25) is 0 Å². The van der Waals surface area contributed by atoms with E-state index in [-0.39, 0.29) is 11.4 Å². The summed E-state index contributed by atoms with van der Waals surface area (Å²) >= 11 is 0. The smallest absolute Gasteiger partial charge is 0.395 e. The molecule has 0 atom stereocenters. The van der Waals surface area contributed by atoms with E-state index < -0.39 is 23.7 Å². The van der Waals surface area contributed by atoms with E-state index in [1.54, 1.807) is 0 Å². The van der Waals surface area contributed by atoms with Crippen molar-refractivity contribution >= 4 is 23.2 Å². The Balaban J connectivity index is 3.01. The van der Waals surface area contributed by atoms with Crippen molar-refractivity contribution in [3.63, 3.8) is 0 Å². The van der Waals surface area contributed by atoms with Crippen LogP contribution >= 0.6 is 0 Å². The third-order valence-corrected chi connectivity index (χ3v) is 2.20. The van der Waals surface area contributed by atoms with E-state index in [0.29, 0.717) is 0 Å². The Morgan fingerprint density at radius 1 is 1.05 bits per heavy atom. The topological polar surface area (TPSA) is 98.2 Å². The minimum atomic E-state index is -5.30. The molecular formula is C10H9F4N3O2. The lowest BCUT2D eigenvalue weighted by atomic mass is 10.1. The van der Waals surface area contributed by atoms with Crippen molar-refractivity contribution in [1.29, 1.82) is 0 Å². The van der Waals surface area contributed by atoms with Crippen molar-refractivity contribution in [2.24, 2.45) is 5.73 Å². The van der Waals surface area contributed by atoms with Crippen LogP contribution in [0.1, 0.15) is 0 Å². The highest BCUT2D eigenvalue weighted by Gasteiger charge is 2.66. The molecule has 1 aromatic rings. The maximum absolute atomic E-state index is 13.2. The molecule has 0 aliphatic heterocycles. The quantitative estimate of drug-likeness (QED) is 0.565. The molecule has 2 amide bonds. The first-order chi connectivity index (χ1) is 8.60. The molecule has 0 radical (unpaired) electrons. The molecule has 5 N–H and O–H groups in total. The summed E-state index contributed by atoms with van der Waals surface area (Å²) in [7, 11) is 0. The summed E-state index contributed by atoms with van der Waals surface area (Å²) in [5.74, 6) is -15.6. The van der Waals surface area contributed by atoms with Gasteiger partial charge < -0.3 is 16.8 Å². The van der Waals surface area contributed by atoms with Crippen LogP contribution in [0.15, 0.2) is 24.3 Å². The van der Waals surface area contributed by atoms with Gasteiger partial charge in [0, 0.05) is 0 Å². The van der Waals surface area contributed by atoms with Gasteiger partial charge in [-0.3, -0.25) is 9.59 Å². The predicted molar refractivity (Wildman–Crippen MR) is 58.6 cm³/mol. The molecule has 0 spiro atoms. The number of nitrogen functional groups attached to an aromatic ring is 1. The van der Waals surface area contributed by atoms with Gasteiger partial charge >= 0.3 is 17.8 Å². The third kappa shape index (κ3) is 2.59. The van der Waals surface area contributed by atoms with E-state index in [9.17, 15) is 27.2 Å². The minimum absolute atomic E-state index is 0.103. The first kappa shape index (κ1) is 14.7. The molecule has 1 rings (SSSR count). The van der Waals surface area contributed by atoms with Gasteiger partial charge in [-0.15, -0.1) is 0 Å². The van der Waals surface area contributed by atoms with Crippen molar-refractivity contribution in [3.05, 3.63) is 24.3 Å². The third-order valence-electron chi connectivity index (χ3n) is 2.20. The van der Waals surface area contributed by atoms with Crippen LogP contribution in [-0.2, 0) is 9.59 Å². The number of hydrogen-bond donors (Lipinski definition) is 3. The van der Waals surface area contributed by atoms with Crippen molar-refractivity contribution < 1.29 is 27.2 Å². The van der Waals surface area contributed by atoms with E-state index in [1.165, 1.54) is 23.5 Å². The Morgan fingerprint density at radius 2 is 1.58 bits per heavy atom. The molecule has 0 bridgehead atoms. The molecule has 5 nitrogen and oxygen atoms in total. The molecule has 0 heterocycles. The first-order valence-corrected chi connectivity index (χ1v) is 4.82. The Hall–Kier alpha value is -2.32. The highest BCUT2D eigenvalue weighted by molar-refractivity contribution is 6.02. The second kappa shape index (κ2) is 4.75. The van der Waals surface area contributed by atoms with Gasteiger partial charge in [0.15, 0.2) is 0 Å². The average Bonchev–Trinajstić information content (AvgIpc) is 2.31. The van der Waals surface area contributed by atoms with Crippen molar-refractivity contribution in [1.82, 2.24) is 0 Å². The molecule has 0 unspecified atom stereocenters. The fraction of sp³-hybridized carbons (Fsp3) is 0.200. The number of primary amides is 1. The van der Waals surface area contributed by atoms with E-state index in [1.807, 2.05) is 0 Å². The normalized spacial score (nSPS) is 12.0. The lowest BCUT2D eigenvalue weighted by Gasteiger charge is -2.22. The zero-order valence-corrected chi connectivity index (χ0v) is 9.29. The number of benzene rings is 1. The largest absolute Gasteiger partial charge is 0.397 e. The number of carbonyl (C=O) groups is 2. The summed E-state index contributed by atoms with van der Waals surface area (Å²) < 4.78 is 52.0. The number of amides is 2. The SMILES string of the molecule is NC(=O)C(F)(F)C(F)(F)C(=O)Nc1ccccc1N. The Morgan fingerprint density at radius 3 is 2.05 bits per heavy atom. The van der Waals surface area contributed by atoms with Crippen LogP contribution in [0.3, 0.4) is 0 Å². The number of anilines is 2. The maximum Gasteiger partial charge on any atom is 0.395 e. The van der Waals surface area contributed by atoms with Gasteiger partial charge in [-0.05, 0) is 12.1 Å². The van der Waals surface area contributed by atoms with E-state index in [2.05, 4.69) is 5.73 Å². The number of nitrogens with two attached hydrogens (primary N) is 2. The van der Waals surface area contributed by atoms with Crippen LogP contribution in [0.2, 0.25) is 0 Å². The van der Waals surface area contributed by atoms with Crippen LogP contribution < -0.4 is 16.8 Å². The standard InChI is InChI=1S/C10H9F4N3O2/c11-9(12,7(16)18)10(13,14)8(19)17-6-4-2-1-3-5(6)15/h1-4H,15H2,(H2,16,18)(H,17,19). The fourth-order valence-corrected chi connectivity index (χ4v) is 1.11. The van der Waals surface area contributed by atoms with Gasteiger partial charge in [0.25, 0.3) is 5.91 Å². The molecule has 0 aromatic heterocycles. The summed E-state index contributed by atoms with van der Waals surface area (Å²) in [6.07, 6.45) is 0. The minimum Gasteiger partial charge on any atom is -0.397 e. The van der Waals surface area contributed by atoms with Gasteiger partial charge in [0.05, 0.1) is 11.4 Å². The summed E-state index contributed by atoms with van der Waals surface area (Å²) in [5, 5.41) is 1.51. The number of carbonyl (C=O) groups excluding carboxylic acids is 2. The number of rotatable bonds is 4. The van der Waals surface area contributed by atoms with Gasteiger partial charge in [-0.25, -0.2) is 0 Å². The summed E-state index contributed by atoms with van der Waals surface area (Å²) in [4.78, 5) is 21.4. The van der Waals surface area contributed by atoms with Crippen LogP contribution in [-0.4, -0.2) is 23.7 Å². The van der Waals surface area contributed by atoms with Gasteiger partial charge in [-0.1, -0.05) is 12.1 Å². The average molecular weight is 279 g/mol. The molecule has 0 aliphatic carbocycles. The number of para-hydroxylation sites is 2. The van der Waals surface area contributed by atoms with Gasteiger partial charge in [-0.2, -0.15) is 17.6 Å². The zero-order chi connectivity index (χ0) is 14.8. The molecule has 0 saturated carbocycles. The van der Waals surface area contributed by atoms with Crippen molar-refractivity contribution in [2.45, 2.75) is 11.8 Å². The molecule has 104 valence electrons. The number of alkyl halides is 4. The molecule has 9 heteroatoms. The van der Waals surface area contributed by atoms with Crippen LogP contribution in [0.25, 0.3) is 0 Å². The second-order valence-corrected chi connectivity index (χ2v) is 3.55. The fourth-order valence-electron chi connectivity index (χ4n) is 1.11.